The molecule has 2 N–H and O–H groups in total. The molecule has 1 amide bonds. The van der Waals surface area contributed by atoms with Gasteiger partial charge in [0.25, 0.3) is 5.91 Å². The summed E-state index contributed by atoms with van der Waals surface area (Å²) in [6, 6.07) is 9.14. The van der Waals surface area contributed by atoms with E-state index in [9.17, 15) is 9.59 Å². The lowest BCUT2D eigenvalue weighted by Gasteiger charge is -2.22. The number of rotatable bonds is 8. The Labute approximate surface area is 164 Å². The van der Waals surface area contributed by atoms with Crippen molar-refractivity contribution in [1.82, 2.24) is 15.1 Å². The predicted octanol–water partition coefficient (Wildman–Crippen LogP) is 2.39. The molecule has 1 saturated heterocycles. The van der Waals surface area contributed by atoms with Gasteiger partial charge in [-0.3, -0.25) is 14.3 Å². The summed E-state index contributed by atoms with van der Waals surface area (Å²) in [5.41, 5.74) is 1.06. The molecule has 1 unspecified atom stereocenters. The van der Waals surface area contributed by atoms with Gasteiger partial charge in [0.15, 0.2) is 5.69 Å². The third-order valence-corrected chi connectivity index (χ3v) is 4.62. The molecule has 2 heterocycles. The molecule has 1 aliphatic heterocycles. The zero-order valence-corrected chi connectivity index (χ0v) is 16.0. The first-order chi connectivity index (χ1) is 13.7. The van der Waals surface area contributed by atoms with Gasteiger partial charge in [0, 0.05) is 24.8 Å². The number of piperidine rings is 1. The third-order valence-electron chi connectivity index (χ3n) is 4.62. The van der Waals surface area contributed by atoms with Gasteiger partial charge >= 0.3 is 5.97 Å². The van der Waals surface area contributed by atoms with Crippen LogP contribution in [0.3, 0.4) is 0 Å². The van der Waals surface area contributed by atoms with E-state index in [-0.39, 0.29) is 11.9 Å². The SMILES string of the molecule is COC(=O)CCCOc1ccc(NC(=O)c2ccn(C3CCCNC3)n2)cc1. The number of benzene rings is 1. The summed E-state index contributed by atoms with van der Waals surface area (Å²) in [5.74, 6) is 0.190. The summed E-state index contributed by atoms with van der Waals surface area (Å²) in [6.45, 7) is 2.34. The Kier molecular flexibility index (Phi) is 7.02. The lowest BCUT2D eigenvalue weighted by molar-refractivity contribution is -0.140. The Bertz CT molecular complexity index is 782. The summed E-state index contributed by atoms with van der Waals surface area (Å²) in [7, 11) is 1.37. The number of esters is 1. The minimum absolute atomic E-state index is 0.241. The van der Waals surface area contributed by atoms with Crippen molar-refractivity contribution in [2.24, 2.45) is 0 Å². The number of amides is 1. The van der Waals surface area contributed by atoms with Gasteiger partial charge in [-0.1, -0.05) is 0 Å². The van der Waals surface area contributed by atoms with Gasteiger partial charge < -0.3 is 20.1 Å². The molecule has 0 aliphatic carbocycles. The fraction of sp³-hybridized carbons (Fsp3) is 0.450. The summed E-state index contributed by atoms with van der Waals surface area (Å²) >= 11 is 0. The van der Waals surface area contributed by atoms with Crippen molar-refractivity contribution in [2.75, 3.05) is 32.1 Å². The van der Waals surface area contributed by atoms with Crippen LogP contribution in [0.25, 0.3) is 0 Å². The number of carbonyl (C=O) groups is 2. The van der Waals surface area contributed by atoms with Crippen molar-refractivity contribution >= 4 is 17.6 Å². The highest BCUT2D eigenvalue weighted by molar-refractivity contribution is 6.02. The molecule has 0 saturated carbocycles. The average molecular weight is 386 g/mol. The van der Waals surface area contributed by atoms with Crippen LogP contribution in [0.15, 0.2) is 36.5 Å². The highest BCUT2D eigenvalue weighted by Gasteiger charge is 2.17. The van der Waals surface area contributed by atoms with Gasteiger partial charge in [0.1, 0.15) is 5.75 Å². The van der Waals surface area contributed by atoms with Crippen molar-refractivity contribution in [2.45, 2.75) is 31.7 Å². The van der Waals surface area contributed by atoms with E-state index in [1.807, 2.05) is 10.9 Å². The van der Waals surface area contributed by atoms with E-state index < -0.39 is 0 Å². The Morgan fingerprint density at radius 3 is 2.82 bits per heavy atom. The number of carbonyl (C=O) groups excluding carboxylic acids is 2. The summed E-state index contributed by atoms with van der Waals surface area (Å²) in [5, 5.41) is 10.6. The molecule has 8 nitrogen and oxygen atoms in total. The first-order valence-electron chi connectivity index (χ1n) is 9.52. The highest BCUT2D eigenvalue weighted by atomic mass is 16.5. The van der Waals surface area contributed by atoms with Crippen molar-refractivity contribution in [3.05, 3.63) is 42.2 Å². The third kappa shape index (κ3) is 5.56. The summed E-state index contributed by atoms with van der Waals surface area (Å²) in [6.07, 6.45) is 4.95. The zero-order chi connectivity index (χ0) is 19.8. The first kappa shape index (κ1) is 19.9. The van der Waals surface area contributed by atoms with Gasteiger partial charge in [0.05, 0.1) is 19.8 Å². The highest BCUT2D eigenvalue weighted by Crippen LogP contribution is 2.18. The average Bonchev–Trinajstić information content (AvgIpc) is 3.23. The molecule has 1 aromatic carbocycles. The van der Waals surface area contributed by atoms with Gasteiger partial charge in [0.2, 0.25) is 0 Å². The molecule has 1 aromatic heterocycles. The number of hydrogen-bond donors (Lipinski definition) is 2. The number of hydrogen-bond acceptors (Lipinski definition) is 6. The van der Waals surface area contributed by atoms with Crippen LogP contribution < -0.4 is 15.4 Å². The molecule has 0 bridgehead atoms. The van der Waals surface area contributed by atoms with E-state index in [2.05, 4.69) is 20.5 Å². The van der Waals surface area contributed by atoms with Crippen LogP contribution in [-0.4, -0.2) is 48.5 Å². The largest absolute Gasteiger partial charge is 0.494 e. The first-order valence-corrected chi connectivity index (χ1v) is 9.52. The van der Waals surface area contributed by atoms with E-state index in [1.165, 1.54) is 7.11 Å². The van der Waals surface area contributed by atoms with Crippen molar-refractivity contribution in [3.8, 4) is 5.75 Å². The van der Waals surface area contributed by atoms with Crippen LogP contribution in [0.5, 0.6) is 5.75 Å². The quantitative estimate of drug-likeness (QED) is 0.534. The van der Waals surface area contributed by atoms with Crippen LogP contribution in [0.1, 0.15) is 42.2 Å². The Hall–Kier alpha value is -2.87. The number of anilines is 1. The van der Waals surface area contributed by atoms with Crippen molar-refractivity contribution in [1.29, 1.82) is 0 Å². The Morgan fingerprint density at radius 1 is 1.29 bits per heavy atom. The molecule has 3 rings (SSSR count). The van der Waals surface area contributed by atoms with E-state index >= 15 is 0 Å². The molecule has 8 heteroatoms. The lowest BCUT2D eigenvalue weighted by Crippen LogP contribution is -2.32. The fourth-order valence-electron chi connectivity index (χ4n) is 3.06. The van der Waals surface area contributed by atoms with Crippen LogP contribution in [0.2, 0.25) is 0 Å². The molecule has 150 valence electrons. The standard InChI is InChI=1S/C20H26N4O4/c1-27-19(25)5-3-13-28-17-8-6-15(7-9-17)22-20(26)18-10-12-24(23-18)16-4-2-11-21-14-16/h6-10,12,16,21H,2-5,11,13-14H2,1H3,(H,22,26). The molecule has 0 radical (unpaired) electrons. The Morgan fingerprint density at radius 2 is 2.11 bits per heavy atom. The number of methoxy groups -OCH3 is 1. The molecule has 1 fully saturated rings. The number of nitrogens with zero attached hydrogens (tertiary/aromatic N) is 2. The van der Waals surface area contributed by atoms with E-state index in [0.717, 1.165) is 25.9 Å². The predicted molar refractivity (Wildman–Crippen MR) is 105 cm³/mol. The summed E-state index contributed by atoms with van der Waals surface area (Å²) in [4.78, 5) is 23.5. The second kappa shape index (κ2) is 9.89. The van der Waals surface area contributed by atoms with Crippen molar-refractivity contribution < 1.29 is 19.1 Å². The minimum Gasteiger partial charge on any atom is -0.494 e. The van der Waals surface area contributed by atoms with Crippen LogP contribution in [0, 0.1) is 0 Å². The maximum absolute atomic E-state index is 12.4. The zero-order valence-electron chi connectivity index (χ0n) is 16.0. The monoisotopic (exact) mass is 386 g/mol. The molecular formula is C20H26N4O4. The number of aromatic nitrogens is 2. The molecule has 28 heavy (non-hydrogen) atoms. The van der Waals surface area contributed by atoms with E-state index in [0.29, 0.717) is 42.6 Å². The van der Waals surface area contributed by atoms with Gasteiger partial charge in [-0.2, -0.15) is 5.10 Å². The summed E-state index contributed by atoms with van der Waals surface area (Å²) < 4.78 is 12.0. The normalized spacial score (nSPS) is 16.4. The maximum Gasteiger partial charge on any atom is 0.305 e. The number of nitrogens with one attached hydrogen (secondary N) is 2. The molecular weight excluding hydrogens is 360 g/mol. The van der Waals surface area contributed by atoms with E-state index in [1.54, 1.807) is 30.3 Å². The van der Waals surface area contributed by atoms with Gasteiger partial charge in [-0.05, 0) is 56.1 Å². The van der Waals surface area contributed by atoms with Crippen molar-refractivity contribution in [3.63, 3.8) is 0 Å². The Balaban J connectivity index is 1.47. The maximum atomic E-state index is 12.4. The topological polar surface area (TPSA) is 94.5 Å². The molecule has 0 spiro atoms. The van der Waals surface area contributed by atoms with Crippen LogP contribution in [-0.2, 0) is 9.53 Å². The van der Waals surface area contributed by atoms with Crippen LogP contribution in [0.4, 0.5) is 5.69 Å². The van der Waals surface area contributed by atoms with Gasteiger partial charge in [-0.25, -0.2) is 0 Å². The van der Waals surface area contributed by atoms with E-state index in [4.69, 9.17) is 4.74 Å². The van der Waals surface area contributed by atoms with Crippen LogP contribution >= 0.6 is 0 Å². The smallest absolute Gasteiger partial charge is 0.305 e. The second-order valence-electron chi connectivity index (χ2n) is 6.69. The molecule has 1 aliphatic rings. The number of ether oxygens (including phenoxy) is 2. The lowest BCUT2D eigenvalue weighted by atomic mass is 10.1. The molecule has 2 aromatic rings. The second-order valence-corrected chi connectivity index (χ2v) is 6.69. The minimum atomic E-state index is -0.246. The van der Waals surface area contributed by atoms with Gasteiger partial charge in [-0.15, -0.1) is 0 Å². The fourth-order valence-corrected chi connectivity index (χ4v) is 3.06. The molecule has 1 atom stereocenters.